The molecule has 382 valence electrons. The molecule has 0 aliphatic carbocycles. The van der Waals surface area contributed by atoms with Gasteiger partial charge in [0, 0.05) is 107 Å². The van der Waals surface area contributed by atoms with Gasteiger partial charge in [0.25, 0.3) is 11.8 Å². The first-order valence-corrected chi connectivity index (χ1v) is 25.0. The maximum Gasteiger partial charge on any atom is 0.253 e. The topological polar surface area (TPSA) is 192 Å². The molecule has 3 aliphatic heterocycles. The highest BCUT2D eigenvalue weighted by molar-refractivity contribution is 7.99. The molecule has 5 amide bonds. The van der Waals surface area contributed by atoms with Crippen molar-refractivity contribution in [2.75, 3.05) is 117 Å². The highest BCUT2D eigenvalue weighted by Gasteiger charge is 2.40. The summed E-state index contributed by atoms with van der Waals surface area (Å²) in [5, 5.41) is 8.65. The summed E-state index contributed by atoms with van der Waals surface area (Å²) in [5.41, 5.74) is 1.18. The van der Waals surface area contributed by atoms with E-state index in [1.807, 2.05) is 34.9 Å². The van der Waals surface area contributed by atoms with E-state index in [1.54, 1.807) is 11.1 Å². The van der Waals surface area contributed by atoms with Gasteiger partial charge in [0.05, 0.1) is 70.3 Å². The second kappa shape index (κ2) is 29.2. The monoisotopic (exact) mass is 999 g/mol. The van der Waals surface area contributed by atoms with Crippen molar-refractivity contribution >= 4 is 41.3 Å². The number of imidazole rings is 1. The Kier molecular flexibility index (Phi) is 22.6. The molecule has 2 fully saturated rings. The summed E-state index contributed by atoms with van der Waals surface area (Å²) in [6.07, 6.45) is 4.29. The highest BCUT2D eigenvalue weighted by Crippen LogP contribution is 2.38. The van der Waals surface area contributed by atoms with Gasteiger partial charge in [-0.05, 0) is 42.5 Å². The molecule has 3 N–H and O–H groups in total. The quantitative estimate of drug-likeness (QED) is 0.0628. The van der Waals surface area contributed by atoms with Crippen LogP contribution in [0.2, 0.25) is 0 Å². The molecular formula is C49H64F3N7O10S. The van der Waals surface area contributed by atoms with Crippen molar-refractivity contribution in [3.8, 4) is 11.3 Å². The van der Waals surface area contributed by atoms with Gasteiger partial charge in [0.15, 0.2) is 0 Å². The van der Waals surface area contributed by atoms with Crippen LogP contribution in [0.3, 0.4) is 0 Å². The molecule has 6 rings (SSSR count). The van der Waals surface area contributed by atoms with E-state index in [2.05, 4.69) is 16.0 Å². The number of imide groups is 1. The Hall–Kier alpha value is -5.16. The fraction of sp³-hybridized carbons (Fsp3) is 0.551. The third kappa shape index (κ3) is 17.3. The van der Waals surface area contributed by atoms with Crippen LogP contribution in [-0.4, -0.2) is 172 Å². The van der Waals surface area contributed by atoms with Crippen molar-refractivity contribution in [1.29, 1.82) is 0 Å². The second-order valence-corrected chi connectivity index (χ2v) is 18.1. The van der Waals surface area contributed by atoms with Crippen LogP contribution in [0.15, 0.2) is 66.9 Å². The number of hydrogen-bond acceptors (Lipinski definition) is 13. The lowest BCUT2D eigenvalue weighted by Crippen LogP contribution is -2.46. The van der Waals surface area contributed by atoms with Gasteiger partial charge in [0.1, 0.15) is 23.6 Å². The highest BCUT2D eigenvalue weighted by atomic mass is 32.2. The summed E-state index contributed by atoms with van der Waals surface area (Å²) in [4.78, 5) is 69.8. The van der Waals surface area contributed by atoms with Gasteiger partial charge < -0.3 is 49.1 Å². The van der Waals surface area contributed by atoms with Crippen LogP contribution < -0.4 is 16.0 Å². The summed E-state index contributed by atoms with van der Waals surface area (Å²) in [6.45, 7) is 5.10. The molecule has 3 unspecified atom stereocenters. The Morgan fingerprint density at radius 2 is 1.50 bits per heavy atom. The average molecular weight is 1000 g/mol. The summed E-state index contributed by atoms with van der Waals surface area (Å²) in [5.74, 6) is -2.33. The maximum atomic E-state index is 15.3. The molecule has 0 spiro atoms. The molecule has 17 nitrogen and oxygen atoms in total. The standard InChI is InChI=1S/C49H64F3N7O10S/c50-38-6-7-40(51)39(28-38)42-33-57(31-35-4-2-1-3-5-35)49(56-42)48(36-11-17-65-18-12-36)59(32-37-29-53-30-41(37)52)47(64)34-70-27-15-55-44(61)13-19-66-21-23-68-25-26-69-24-22-67-20-14-54-43(60)10-16-58-45(62)8-9-46(58)63/h1-9,28,33,36-37,41,48,53H,10-27,29-32,34H2,(H,54,60)(H,55,61). The van der Waals surface area contributed by atoms with E-state index in [9.17, 15) is 28.4 Å². The molecule has 3 atom stereocenters. The van der Waals surface area contributed by atoms with E-state index >= 15 is 8.78 Å². The predicted octanol–water partition coefficient (Wildman–Crippen LogP) is 3.47. The number of alkyl halides is 1. The number of halogens is 3. The molecule has 2 saturated heterocycles. The van der Waals surface area contributed by atoms with Crippen LogP contribution in [0.5, 0.6) is 0 Å². The fourth-order valence-electron chi connectivity index (χ4n) is 8.27. The number of benzene rings is 2. The number of nitrogens with zero attached hydrogens (tertiary/aromatic N) is 4. The van der Waals surface area contributed by atoms with Gasteiger partial charge in [-0.25, -0.2) is 18.2 Å². The van der Waals surface area contributed by atoms with Gasteiger partial charge in [-0.2, -0.15) is 11.8 Å². The Balaban J connectivity index is 0.893. The molecule has 1 aromatic heterocycles. The fourth-order valence-corrected chi connectivity index (χ4v) is 9.00. The molecule has 2 aromatic carbocycles. The summed E-state index contributed by atoms with van der Waals surface area (Å²) in [6, 6.07) is 12.3. The van der Waals surface area contributed by atoms with Crippen LogP contribution in [0, 0.1) is 23.5 Å². The lowest BCUT2D eigenvalue weighted by atomic mass is 9.88. The number of aromatic nitrogens is 2. The third-order valence-electron chi connectivity index (χ3n) is 11.9. The Bertz CT molecular complexity index is 2170. The van der Waals surface area contributed by atoms with E-state index in [4.69, 9.17) is 28.7 Å². The van der Waals surface area contributed by atoms with E-state index < -0.39 is 41.6 Å². The van der Waals surface area contributed by atoms with Crippen molar-refractivity contribution in [3.63, 3.8) is 0 Å². The van der Waals surface area contributed by atoms with Gasteiger partial charge in [-0.1, -0.05) is 30.3 Å². The molecule has 0 saturated carbocycles. The Morgan fingerprint density at radius 3 is 2.19 bits per heavy atom. The molecule has 3 aliphatic rings. The van der Waals surface area contributed by atoms with E-state index in [-0.39, 0.29) is 92.9 Å². The Morgan fingerprint density at radius 1 is 0.843 bits per heavy atom. The van der Waals surface area contributed by atoms with Crippen LogP contribution in [-0.2, 0) is 54.2 Å². The van der Waals surface area contributed by atoms with Gasteiger partial charge in [0.2, 0.25) is 17.7 Å². The number of carbonyl (C=O) groups excluding carboxylic acids is 5. The number of thioether (sulfide) groups is 1. The number of amides is 5. The first-order chi connectivity index (χ1) is 34.1. The molecule has 0 radical (unpaired) electrons. The normalized spacial score (nSPS) is 17.6. The molecule has 0 bridgehead atoms. The smallest absolute Gasteiger partial charge is 0.253 e. The van der Waals surface area contributed by atoms with E-state index in [0.717, 1.165) is 28.7 Å². The summed E-state index contributed by atoms with van der Waals surface area (Å²) in [7, 11) is 0. The average Bonchev–Trinajstić information content (AvgIpc) is 4.06. The van der Waals surface area contributed by atoms with Crippen molar-refractivity contribution in [2.45, 2.75) is 44.4 Å². The van der Waals surface area contributed by atoms with Crippen molar-refractivity contribution in [2.24, 2.45) is 11.8 Å². The Labute approximate surface area is 410 Å². The molecule has 4 heterocycles. The largest absolute Gasteiger partial charge is 0.381 e. The predicted molar refractivity (Wildman–Crippen MR) is 254 cm³/mol. The second-order valence-electron chi connectivity index (χ2n) is 17.0. The van der Waals surface area contributed by atoms with Crippen LogP contribution in [0.25, 0.3) is 11.3 Å². The zero-order chi connectivity index (χ0) is 49.5. The lowest BCUT2D eigenvalue weighted by Gasteiger charge is -2.40. The molecule has 70 heavy (non-hydrogen) atoms. The van der Waals surface area contributed by atoms with Gasteiger partial charge in [-0.15, -0.1) is 0 Å². The maximum absolute atomic E-state index is 15.3. The zero-order valence-corrected chi connectivity index (χ0v) is 40.2. The molecule has 3 aromatic rings. The number of nitrogens with one attached hydrogen (secondary N) is 3. The number of ether oxygens (including phenoxy) is 5. The van der Waals surface area contributed by atoms with Gasteiger partial charge in [-0.3, -0.25) is 28.9 Å². The van der Waals surface area contributed by atoms with Crippen molar-refractivity contribution in [1.82, 2.24) is 35.3 Å². The van der Waals surface area contributed by atoms with Gasteiger partial charge >= 0.3 is 0 Å². The number of rotatable bonds is 31. The minimum atomic E-state index is -1.16. The molecule has 21 heteroatoms. The van der Waals surface area contributed by atoms with Crippen LogP contribution in [0.1, 0.15) is 43.1 Å². The minimum Gasteiger partial charge on any atom is -0.381 e. The number of carbonyl (C=O) groups is 5. The van der Waals surface area contributed by atoms with Crippen LogP contribution in [0.4, 0.5) is 13.2 Å². The SMILES string of the molecule is O=C(CCOCCOCCOCCOCCNC(=O)CCN1C(=O)C=CC1=O)NCCSCC(=O)N(CC1CNCC1F)C(c1nc(-c2cc(F)ccc2F)cn1Cc1ccccc1)C1CCOCC1. The number of hydrogen-bond donors (Lipinski definition) is 3. The van der Waals surface area contributed by atoms with Crippen molar-refractivity contribution < 1.29 is 60.8 Å². The minimum absolute atomic E-state index is 0.00202. The zero-order valence-electron chi connectivity index (χ0n) is 39.3. The summed E-state index contributed by atoms with van der Waals surface area (Å²) < 4.78 is 74.7. The first-order valence-electron chi connectivity index (χ1n) is 23.8. The van der Waals surface area contributed by atoms with Crippen LogP contribution >= 0.6 is 11.8 Å². The first kappa shape index (κ1) is 54.2. The lowest BCUT2D eigenvalue weighted by molar-refractivity contribution is -0.137. The van der Waals surface area contributed by atoms with Crippen molar-refractivity contribution in [3.05, 3.63) is 89.9 Å². The third-order valence-corrected chi connectivity index (χ3v) is 12.9. The molecular weight excluding hydrogens is 936 g/mol. The van der Waals surface area contributed by atoms with E-state index in [1.165, 1.54) is 23.9 Å². The summed E-state index contributed by atoms with van der Waals surface area (Å²) >= 11 is 1.36. The van der Waals surface area contributed by atoms with E-state index in [0.29, 0.717) is 96.9 Å².